The molecule has 0 aliphatic carbocycles. The zero-order valence-electron chi connectivity index (χ0n) is 50.3. The third-order valence-electron chi connectivity index (χ3n) is 13.9. The zero-order valence-corrected chi connectivity index (χ0v) is 53.2. The number of hydrogen-bond donors (Lipinski definition) is 0. The number of esters is 2. The Labute approximate surface area is 491 Å². The van der Waals surface area contributed by atoms with Crippen molar-refractivity contribution in [1.82, 2.24) is 0 Å². The van der Waals surface area contributed by atoms with Crippen molar-refractivity contribution in [2.75, 3.05) is 13.2 Å². The molecule has 2 aromatic rings. The number of ether oxygens (including phenoxy) is 2. The topological polar surface area (TPSA) is 133 Å². The summed E-state index contributed by atoms with van der Waals surface area (Å²) < 4.78 is 10.4. The molecule has 0 saturated carbocycles. The summed E-state index contributed by atoms with van der Waals surface area (Å²) in [4.78, 5) is 46.1. The van der Waals surface area contributed by atoms with E-state index < -0.39 is 23.9 Å². The van der Waals surface area contributed by atoms with E-state index in [1.165, 1.54) is 255 Å². The Balaban J connectivity index is -0.00000109. The van der Waals surface area contributed by atoms with Gasteiger partial charge in [0.25, 0.3) is 0 Å². The van der Waals surface area contributed by atoms with Crippen molar-refractivity contribution in [1.29, 1.82) is 0 Å². The van der Waals surface area contributed by atoms with Crippen molar-refractivity contribution in [3.63, 3.8) is 0 Å². The molecule has 0 saturated heterocycles. The first kappa shape index (κ1) is 78.3. The van der Waals surface area contributed by atoms with Crippen molar-refractivity contribution in [3.8, 4) is 0 Å². The molecule has 0 unspecified atom stereocenters. The van der Waals surface area contributed by atoms with E-state index in [4.69, 9.17) is 9.47 Å². The quantitative estimate of drug-likeness (QED) is 0.0363. The van der Waals surface area contributed by atoms with Crippen molar-refractivity contribution in [3.05, 3.63) is 84.6 Å². The summed E-state index contributed by atoms with van der Waals surface area (Å²) >= 11 is 0. The molecule has 0 amide bonds. The van der Waals surface area contributed by atoms with Crippen LogP contribution < -0.4 is 10.2 Å². The summed E-state index contributed by atoms with van der Waals surface area (Å²) in [6, 6.07) is 12.0. The molecule has 2 aromatic carbocycles. The van der Waals surface area contributed by atoms with E-state index in [-0.39, 0.29) is 46.2 Å². The van der Waals surface area contributed by atoms with Crippen LogP contribution in [0.25, 0.3) is 0 Å². The summed E-state index contributed by atoms with van der Waals surface area (Å²) in [5, 5.41) is 22.1. The van der Waals surface area contributed by atoms with E-state index in [9.17, 15) is 29.4 Å². The zero-order chi connectivity index (χ0) is 56.2. The van der Waals surface area contributed by atoms with E-state index in [1.54, 1.807) is 24.3 Å². The number of hydrogen-bond acceptors (Lipinski definition) is 8. The van der Waals surface area contributed by atoms with Gasteiger partial charge in [0, 0.05) is 11.1 Å². The van der Waals surface area contributed by atoms with Crippen molar-refractivity contribution >= 4 is 47.8 Å². The smallest absolute Gasteiger partial charge is 0.545 e. The fourth-order valence-electron chi connectivity index (χ4n) is 9.02. The van der Waals surface area contributed by atoms with Crippen LogP contribution >= 0.6 is 0 Å². The second-order valence-corrected chi connectivity index (χ2v) is 21.1. The van der Waals surface area contributed by atoms with Gasteiger partial charge in [-0.15, -0.1) is 0 Å². The van der Waals surface area contributed by atoms with Crippen molar-refractivity contribution in [2.24, 2.45) is 0 Å². The minimum absolute atomic E-state index is 0. The molecule has 440 valence electrons. The molecular formula is C68H116O8Sn. The molecular weight excluding hydrogens is 1060 g/mol. The normalized spacial score (nSPS) is 10.5. The number of unbranched alkanes of at least 4 members (excludes halogenated alkanes) is 40. The largest absolute Gasteiger partial charge is 2.00 e. The summed E-state index contributed by atoms with van der Waals surface area (Å²) in [6.45, 7) is 17.2. The van der Waals surface area contributed by atoms with Crippen LogP contribution in [-0.4, -0.2) is 61.0 Å². The Morgan fingerprint density at radius 2 is 0.494 bits per heavy atom. The molecule has 0 fully saturated rings. The molecule has 0 aromatic heterocycles. The molecule has 0 bridgehead atoms. The monoisotopic (exact) mass is 1180 g/mol. The predicted octanol–water partition coefficient (Wildman–Crippen LogP) is 18.9. The van der Waals surface area contributed by atoms with Crippen LogP contribution in [0.15, 0.2) is 48.5 Å². The molecule has 0 heterocycles. The molecule has 9 heteroatoms. The van der Waals surface area contributed by atoms with Crippen LogP contribution in [0.4, 0.5) is 0 Å². The first-order valence-corrected chi connectivity index (χ1v) is 31.7. The molecule has 0 N–H and O–H groups in total. The second kappa shape index (κ2) is 63.9. The fraction of sp³-hybridized carbons (Fsp3) is 0.735. The van der Waals surface area contributed by atoms with Gasteiger partial charge >= 0.3 is 35.8 Å². The SMILES string of the molecule is CCCCCCCCCCCCCCCCCCOC(=O)c1ccccc1C(=O)[O-].CCCCCCCCCCCCCCCCCCOC(=O)c1ccccc1C(=O)[O-].[CH2]CCCCCCC.[CH2]CCCCCCC.[Sn+2]. The van der Waals surface area contributed by atoms with Gasteiger partial charge in [-0.05, 0) is 25.0 Å². The van der Waals surface area contributed by atoms with E-state index in [0.29, 0.717) is 13.2 Å². The maximum Gasteiger partial charge on any atom is 2.00 e. The van der Waals surface area contributed by atoms with Gasteiger partial charge in [0.1, 0.15) is 0 Å². The average molecular weight is 1180 g/mol. The number of rotatable bonds is 48. The third-order valence-corrected chi connectivity index (χ3v) is 13.9. The number of carboxylic acid groups (broad SMARTS) is 2. The molecule has 0 spiro atoms. The van der Waals surface area contributed by atoms with E-state index in [1.807, 2.05) is 0 Å². The fourth-order valence-corrected chi connectivity index (χ4v) is 9.02. The summed E-state index contributed by atoms with van der Waals surface area (Å²) in [5.74, 6) is -3.89. The first-order valence-electron chi connectivity index (χ1n) is 31.7. The minimum Gasteiger partial charge on any atom is -0.545 e. The average Bonchev–Trinajstić information content (AvgIpc) is 3.43. The van der Waals surface area contributed by atoms with Crippen LogP contribution in [0.5, 0.6) is 0 Å². The molecule has 2 rings (SSSR count). The number of carbonyl (C=O) groups is 4. The molecule has 4 radical (unpaired) electrons. The predicted molar refractivity (Wildman–Crippen MR) is 324 cm³/mol. The Bertz CT molecular complexity index is 1450. The summed E-state index contributed by atoms with van der Waals surface area (Å²) in [6.07, 6.45) is 57.5. The van der Waals surface area contributed by atoms with Gasteiger partial charge in [0.15, 0.2) is 0 Å². The Morgan fingerprint density at radius 1 is 0.312 bits per heavy atom. The van der Waals surface area contributed by atoms with E-state index >= 15 is 0 Å². The van der Waals surface area contributed by atoms with Crippen molar-refractivity contribution < 1.29 is 38.9 Å². The number of carboxylic acids is 2. The van der Waals surface area contributed by atoms with Crippen LogP contribution in [0.2, 0.25) is 0 Å². The Hall–Kier alpha value is -2.88. The van der Waals surface area contributed by atoms with Gasteiger partial charge in [-0.2, -0.15) is 0 Å². The number of benzene rings is 2. The van der Waals surface area contributed by atoms with Crippen molar-refractivity contribution in [2.45, 2.75) is 310 Å². The van der Waals surface area contributed by atoms with Gasteiger partial charge in [-0.25, -0.2) is 9.59 Å². The maximum absolute atomic E-state index is 12.0. The maximum atomic E-state index is 12.0. The van der Waals surface area contributed by atoms with Crippen LogP contribution in [0.3, 0.4) is 0 Å². The molecule has 0 atom stereocenters. The Kier molecular flexibility index (Phi) is 65.1. The summed E-state index contributed by atoms with van der Waals surface area (Å²) in [7, 11) is 0. The first-order chi connectivity index (χ1) is 37.2. The molecule has 8 nitrogen and oxygen atoms in total. The second-order valence-electron chi connectivity index (χ2n) is 21.1. The molecule has 0 aliphatic heterocycles. The van der Waals surface area contributed by atoms with Crippen LogP contribution in [-0.2, 0) is 9.47 Å². The van der Waals surface area contributed by atoms with Gasteiger partial charge in [0.05, 0.1) is 36.3 Å². The van der Waals surface area contributed by atoms with E-state index in [0.717, 1.165) is 51.4 Å². The minimum atomic E-state index is -1.36. The van der Waals surface area contributed by atoms with Gasteiger partial charge in [0.2, 0.25) is 0 Å². The van der Waals surface area contributed by atoms with E-state index in [2.05, 4.69) is 41.5 Å². The van der Waals surface area contributed by atoms with Gasteiger partial charge in [-0.1, -0.05) is 348 Å². The summed E-state index contributed by atoms with van der Waals surface area (Å²) in [5.41, 5.74) is -0.105. The van der Waals surface area contributed by atoms with Crippen LogP contribution in [0.1, 0.15) is 352 Å². The molecule has 0 aliphatic rings. The molecule has 77 heavy (non-hydrogen) atoms. The number of aromatic carboxylic acids is 2. The third kappa shape index (κ3) is 53.5. The standard InChI is InChI=1S/2C26H42O4.2C8H17.Sn/c2*1-2-3-4-5-6-7-8-9-10-11-12-13-14-15-16-19-22-30-26(29)24-21-18-17-20-23(24)25(27)28;2*1-3-5-7-8-6-4-2;/h2*17-18,20-21H,2-16,19,22H2,1H3,(H,27,28);2*1,3-8H2,2H3;/q;;;;+2/p-2. The Morgan fingerprint density at radius 3 is 0.688 bits per heavy atom. The number of carbonyl (C=O) groups excluding carboxylic acids is 4. The van der Waals surface area contributed by atoms with Crippen LogP contribution in [0, 0.1) is 13.8 Å². The van der Waals surface area contributed by atoms with Gasteiger partial charge < -0.3 is 29.3 Å². The van der Waals surface area contributed by atoms with Gasteiger partial charge in [-0.3, -0.25) is 0 Å².